The fraction of sp³-hybridized carbons (Fsp3) is 0.143. The number of hydrogen-bond donors (Lipinski definition) is 2. The van der Waals surface area contributed by atoms with Crippen molar-refractivity contribution >= 4 is 5.91 Å². The van der Waals surface area contributed by atoms with Crippen LogP contribution in [0, 0.1) is 0 Å². The summed E-state index contributed by atoms with van der Waals surface area (Å²) in [5, 5.41) is 12.7. The molecule has 0 saturated carbocycles. The second kappa shape index (κ2) is 8.22. The molecule has 144 valence electrons. The number of pyridine rings is 1. The van der Waals surface area contributed by atoms with Gasteiger partial charge in [0.2, 0.25) is 0 Å². The second-order valence-corrected chi connectivity index (χ2v) is 6.14. The molecule has 1 atom stereocenters. The third-order valence-corrected chi connectivity index (χ3v) is 4.24. The molecule has 0 radical (unpaired) electrons. The molecule has 1 aromatic heterocycles. The third kappa shape index (κ3) is 4.55. The van der Waals surface area contributed by atoms with Gasteiger partial charge in [0.15, 0.2) is 6.10 Å². The van der Waals surface area contributed by atoms with Crippen molar-refractivity contribution in [3.63, 3.8) is 0 Å². The molecule has 0 bridgehead atoms. The Kier molecular flexibility index (Phi) is 5.75. The van der Waals surface area contributed by atoms with Gasteiger partial charge in [-0.25, -0.2) is 0 Å². The lowest BCUT2D eigenvalue weighted by Crippen LogP contribution is -2.29. The van der Waals surface area contributed by atoms with Crippen LogP contribution in [0.2, 0.25) is 0 Å². The van der Waals surface area contributed by atoms with Crippen LogP contribution >= 0.6 is 0 Å². The van der Waals surface area contributed by atoms with Crippen LogP contribution in [0.3, 0.4) is 0 Å². The highest BCUT2D eigenvalue weighted by atomic mass is 19.4. The summed E-state index contributed by atoms with van der Waals surface area (Å²) in [7, 11) is 0. The summed E-state index contributed by atoms with van der Waals surface area (Å²) in [6, 6.07) is 15.2. The molecule has 3 aromatic rings. The lowest BCUT2D eigenvalue weighted by Gasteiger charge is -2.15. The fourth-order valence-corrected chi connectivity index (χ4v) is 2.80. The summed E-state index contributed by atoms with van der Waals surface area (Å²) < 4.78 is 38.5. The van der Waals surface area contributed by atoms with E-state index in [0.29, 0.717) is 0 Å². The van der Waals surface area contributed by atoms with E-state index in [-0.39, 0.29) is 12.1 Å². The molecule has 3 rings (SSSR count). The zero-order valence-corrected chi connectivity index (χ0v) is 14.6. The quantitative estimate of drug-likeness (QED) is 0.694. The van der Waals surface area contributed by atoms with Gasteiger partial charge in [-0.3, -0.25) is 9.78 Å². The molecule has 1 unspecified atom stereocenters. The summed E-state index contributed by atoms with van der Waals surface area (Å²) in [4.78, 5) is 16.2. The van der Waals surface area contributed by atoms with Crippen molar-refractivity contribution in [3.05, 3.63) is 89.7 Å². The number of carbonyl (C=O) groups is 1. The van der Waals surface area contributed by atoms with Gasteiger partial charge in [-0.2, -0.15) is 13.2 Å². The van der Waals surface area contributed by atoms with Crippen molar-refractivity contribution in [3.8, 4) is 11.1 Å². The summed E-state index contributed by atoms with van der Waals surface area (Å²) in [5.41, 5.74) is 1.57. The van der Waals surface area contributed by atoms with Gasteiger partial charge >= 0.3 is 6.18 Å². The lowest BCUT2D eigenvalue weighted by molar-refractivity contribution is -0.138. The molecule has 28 heavy (non-hydrogen) atoms. The van der Waals surface area contributed by atoms with Gasteiger partial charge in [-0.1, -0.05) is 36.4 Å². The van der Waals surface area contributed by atoms with Gasteiger partial charge < -0.3 is 10.4 Å². The number of aromatic nitrogens is 1. The molecule has 1 heterocycles. The molecule has 0 aliphatic rings. The minimum absolute atomic E-state index is 0.116. The Hall–Kier alpha value is -3.19. The van der Waals surface area contributed by atoms with Crippen LogP contribution in [0.25, 0.3) is 11.1 Å². The van der Waals surface area contributed by atoms with E-state index in [9.17, 15) is 23.1 Å². The monoisotopic (exact) mass is 386 g/mol. The number of aliphatic hydroxyl groups is 1. The molecule has 2 N–H and O–H groups in total. The van der Waals surface area contributed by atoms with Crippen LogP contribution in [0.1, 0.15) is 22.8 Å². The van der Waals surface area contributed by atoms with Crippen molar-refractivity contribution in [2.24, 2.45) is 0 Å². The van der Waals surface area contributed by atoms with Crippen molar-refractivity contribution < 1.29 is 23.1 Å². The number of carbonyl (C=O) groups excluding carboxylic acids is 1. The van der Waals surface area contributed by atoms with Crippen LogP contribution in [0.4, 0.5) is 13.2 Å². The molecule has 0 fully saturated rings. The van der Waals surface area contributed by atoms with E-state index in [0.717, 1.165) is 34.9 Å². The van der Waals surface area contributed by atoms with Gasteiger partial charge in [-0.05, 0) is 46.5 Å². The number of alkyl halides is 3. The van der Waals surface area contributed by atoms with E-state index < -0.39 is 23.8 Å². The Bertz CT molecular complexity index is 959. The number of hydrogen-bond acceptors (Lipinski definition) is 3. The predicted octanol–water partition coefficient (Wildman–Crippen LogP) is 4.12. The first-order chi connectivity index (χ1) is 13.4. The SMILES string of the molecule is O=C(NCc1ccccc1-c1ccncc1)C(O)c1cccc(C(F)(F)F)c1. The Balaban J connectivity index is 1.73. The van der Waals surface area contributed by atoms with E-state index in [1.54, 1.807) is 12.4 Å². The first kappa shape index (κ1) is 19.6. The minimum atomic E-state index is -4.55. The van der Waals surface area contributed by atoms with Gasteiger partial charge in [0.05, 0.1) is 5.56 Å². The number of benzene rings is 2. The summed E-state index contributed by atoms with van der Waals surface area (Å²) in [6.45, 7) is 0.118. The highest BCUT2D eigenvalue weighted by Crippen LogP contribution is 2.31. The Morgan fingerprint density at radius 3 is 2.46 bits per heavy atom. The summed E-state index contributed by atoms with van der Waals surface area (Å²) in [5.74, 6) is -0.774. The van der Waals surface area contributed by atoms with Gasteiger partial charge in [0.25, 0.3) is 5.91 Å². The van der Waals surface area contributed by atoms with Crippen molar-refractivity contribution in [1.29, 1.82) is 0 Å². The lowest BCUT2D eigenvalue weighted by atomic mass is 10.0. The predicted molar refractivity (Wildman–Crippen MR) is 97.9 cm³/mol. The Labute approximate surface area is 159 Å². The van der Waals surface area contributed by atoms with Crippen LogP contribution in [-0.2, 0) is 17.5 Å². The van der Waals surface area contributed by atoms with E-state index in [2.05, 4.69) is 10.3 Å². The highest BCUT2D eigenvalue weighted by molar-refractivity contribution is 5.82. The topological polar surface area (TPSA) is 62.2 Å². The van der Waals surface area contributed by atoms with Crippen LogP contribution in [0.5, 0.6) is 0 Å². The van der Waals surface area contributed by atoms with Gasteiger partial charge in [0, 0.05) is 18.9 Å². The maximum Gasteiger partial charge on any atom is 0.416 e. The molecule has 0 saturated heterocycles. The van der Waals surface area contributed by atoms with E-state index in [1.165, 1.54) is 6.07 Å². The first-order valence-electron chi connectivity index (χ1n) is 8.47. The first-order valence-corrected chi connectivity index (χ1v) is 8.47. The molecule has 0 spiro atoms. The number of rotatable bonds is 5. The molecule has 4 nitrogen and oxygen atoms in total. The molecule has 2 aromatic carbocycles. The highest BCUT2D eigenvalue weighted by Gasteiger charge is 2.31. The average Bonchev–Trinajstić information content (AvgIpc) is 2.72. The zero-order valence-electron chi connectivity index (χ0n) is 14.6. The van der Waals surface area contributed by atoms with E-state index in [4.69, 9.17) is 0 Å². The minimum Gasteiger partial charge on any atom is -0.378 e. The van der Waals surface area contributed by atoms with Crippen LogP contribution in [-0.4, -0.2) is 16.0 Å². The number of halogens is 3. The smallest absolute Gasteiger partial charge is 0.378 e. The number of nitrogens with zero attached hydrogens (tertiary/aromatic N) is 1. The maximum absolute atomic E-state index is 12.8. The standard InChI is InChI=1S/C21H17F3N2O2/c22-21(23,24)17-6-3-5-15(12-17)19(27)20(28)26-13-16-4-1-2-7-18(16)14-8-10-25-11-9-14/h1-12,19,27H,13H2,(H,26,28). The van der Waals surface area contributed by atoms with Crippen molar-refractivity contribution in [1.82, 2.24) is 10.3 Å². The number of amides is 1. The van der Waals surface area contributed by atoms with Crippen molar-refractivity contribution in [2.75, 3.05) is 0 Å². The molecule has 7 heteroatoms. The zero-order chi connectivity index (χ0) is 20.1. The maximum atomic E-state index is 12.8. The largest absolute Gasteiger partial charge is 0.416 e. The average molecular weight is 386 g/mol. The number of aliphatic hydroxyl groups excluding tert-OH is 1. The van der Waals surface area contributed by atoms with Crippen LogP contribution < -0.4 is 5.32 Å². The number of nitrogens with one attached hydrogen (secondary N) is 1. The Morgan fingerprint density at radius 1 is 1.04 bits per heavy atom. The Morgan fingerprint density at radius 2 is 1.75 bits per heavy atom. The summed E-state index contributed by atoms with van der Waals surface area (Å²) in [6.07, 6.45) is -2.93. The normalized spacial score (nSPS) is 12.4. The van der Waals surface area contributed by atoms with Crippen molar-refractivity contribution in [2.45, 2.75) is 18.8 Å². The molecule has 0 aliphatic heterocycles. The molecule has 1 amide bonds. The van der Waals surface area contributed by atoms with E-state index in [1.807, 2.05) is 36.4 Å². The van der Waals surface area contributed by atoms with Gasteiger partial charge in [-0.15, -0.1) is 0 Å². The van der Waals surface area contributed by atoms with Crippen LogP contribution in [0.15, 0.2) is 73.1 Å². The third-order valence-electron chi connectivity index (χ3n) is 4.24. The second-order valence-electron chi connectivity index (χ2n) is 6.14. The summed E-state index contributed by atoms with van der Waals surface area (Å²) >= 11 is 0. The molecular formula is C21H17F3N2O2. The fourth-order valence-electron chi connectivity index (χ4n) is 2.80. The molecule has 0 aliphatic carbocycles. The van der Waals surface area contributed by atoms with Gasteiger partial charge in [0.1, 0.15) is 0 Å². The van der Waals surface area contributed by atoms with E-state index >= 15 is 0 Å². The molecular weight excluding hydrogens is 369 g/mol.